The Bertz CT molecular complexity index is 886. The Kier molecular flexibility index (Phi) is 4.80. The standard InChI is InChI=1S/C18H20N4OS2/c23-15-8-4-10-20(12-15)13-21-18(24)22(14-6-2-1-3-7-14)17(19-21)16-9-5-11-25-16/h1-3,5-7,9,11,15,23H,4,8,10,12-13H2/t15-/m0/s1. The van der Waals surface area contributed by atoms with Gasteiger partial charge in [-0.3, -0.25) is 9.47 Å². The number of thiophene rings is 1. The molecule has 130 valence electrons. The van der Waals surface area contributed by atoms with E-state index in [-0.39, 0.29) is 6.10 Å². The van der Waals surface area contributed by atoms with E-state index in [9.17, 15) is 5.11 Å². The van der Waals surface area contributed by atoms with Gasteiger partial charge in [-0.1, -0.05) is 24.3 Å². The summed E-state index contributed by atoms with van der Waals surface area (Å²) in [6.07, 6.45) is 1.63. The predicted octanol–water partition coefficient (Wildman–Crippen LogP) is 3.55. The number of hydrogen-bond donors (Lipinski definition) is 1. The maximum Gasteiger partial charge on any atom is 0.204 e. The van der Waals surface area contributed by atoms with Crippen molar-refractivity contribution < 1.29 is 5.11 Å². The average molecular weight is 373 g/mol. The van der Waals surface area contributed by atoms with Crippen LogP contribution in [0.15, 0.2) is 47.8 Å². The maximum absolute atomic E-state index is 9.91. The van der Waals surface area contributed by atoms with Crippen LogP contribution >= 0.6 is 23.6 Å². The minimum absolute atomic E-state index is 0.254. The molecule has 1 aromatic carbocycles. The van der Waals surface area contributed by atoms with Crippen molar-refractivity contribution >= 4 is 23.6 Å². The van der Waals surface area contributed by atoms with E-state index in [0.717, 1.165) is 35.8 Å². The molecule has 1 saturated heterocycles. The highest BCUT2D eigenvalue weighted by Gasteiger charge is 2.21. The van der Waals surface area contributed by atoms with Crippen LogP contribution in [0.4, 0.5) is 0 Å². The van der Waals surface area contributed by atoms with Crippen LogP contribution in [0.25, 0.3) is 16.4 Å². The highest BCUT2D eigenvalue weighted by molar-refractivity contribution is 7.71. The molecule has 7 heteroatoms. The molecular formula is C18H20N4OS2. The minimum Gasteiger partial charge on any atom is -0.392 e. The van der Waals surface area contributed by atoms with Crippen LogP contribution in [0.2, 0.25) is 0 Å². The monoisotopic (exact) mass is 372 g/mol. The van der Waals surface area contributed by atoms with E-state index in [0.29, 0.717) is 18.0 Å². The van der Waals surface area contributed by atoms with Gasteiger partial charge in [-0.15, -0.1) is 16.4 Å². The molecule has 0 unspecified atom stereocenters. The molecule has 0 saturated carbocycles. The van der Waals surface area contributed by atoms with Crippen molar-refractivity contribution in [1.29, 1.82) is 0 Å². The van der Waals surface area contributed by atoms with Crippen LogP contribution < -0.4 is 0 Å². The summed E-state index contributed by atoms with van der Waals surface area (Å²) in [6.45, 7) is 2.24. The van der Waals surface area contributed by atoms with Crippen molar-refractivity contribution in [2.24, 2.45) is 0 Å². The lowest BCUT2D eigenvalue weighted by Crippen LogP contribution is -2.39. The van der Waals surface area contributed by atoms with Crippen molar-refractivity contribution in [1.82, 2.24) is 19.2 Å². The summed E-state index contributed by atoms with van der Waals surface area (Å²) in [6, 6.07) is 14.2. The van der Waals surface area contributed by atoms with Crippen LogP contribution in [0.5, 0.6) is 0 Å². The van der Waals surface area contributed by atoms with Crippen LogP contribution in [-0.2, 0) is 6.67 Å². The van der Waals surface area contributed by atoms with Crippen molar-refractivity contribution in [3.63, 3.8) is 0 Å². The van der Waals surface area contributed by atoms with Gasteiger partial charge in [0.15, 0.2) is 5.82 Å². The number of likely N-dealkylation sites (tertiary alicyclic amines) is 1. The van der Waals surface area contributed by atoms with Crippen molar-refractivity contribution in [3.05, 3.63) is 52.6 Å². The van der Waals surface area contributed by atoms with Gasteiger partial charge in [0.1, 0.15) is 0 Å². The fourth-order valence-electron chi connectivity index (χ4n) is 3.22. The number of hydrogen-bond acceptors (Lipinski definition) is 5. The molecule has 1 fully saturated rings. The Morgan fingerprint density at radius 1 is 1.20 bits per heavy atom. The molecule has 1 atom stereocenters. The molecule has 25 heavy (non-hydrogen) atoms. The summed E-state index contributed by atoms with van der Waals surface area (Å²) in [7, 11) is 0. The molecule has 1 aliphatic heterocycles. The maximum atomic E-state index is 9.91. The van der Waals surface area contributed by atoms with Crippen LogP contribution in [0.3, 0.4) is 0 Å². The molecule has 0 amide bonds. The summed E-state index contributed by atoms with van der Waals surface area (Å²) >= 11 is 7.40. The second-order valence-electron chi connectivity index (χ2n) is 6.27. The highest BCUT2D eigenvalue weighted by atomic mass is 32.1. The zero-order chi connectivity index (χ0) is 17.2. The Hall–Kier alpha value is -1.80. The van der Waals surface area contributed by atoms with Crippen molar-refractivity contribution in [2.75, 3.05) is 13.1 Å². The van der Waals surface area contributed by atoms with Crippen molar-refractivity contribution in [3.8, 4) is 16.4 Å². The first kappa shape index (κ1) is 16.7. The van der Waals surface area contributed by atoms with Gasteiger partial charge in [0.25, 0.3) is 0 Å². The molecule has 2 aromatic heterocycles. The molecule has 5 nitrogen and oxygen atoms in total. The van der Waals surface area contributed by atoms with E-state index in [1.165, 1.54) is 0 Å². The number of nitrogens with zero attached hydrogens (tertiary/aromatic N) is 4. The Balaban J connectivity index is 1.75. The van der Waals surface area contributed by atoms with Gasteiger partial charge >= 0.3 is 0 Å². The molecule has 0 spiro atoms. The summed E-state index contributed by atoms with van der Waals surface area (Å²) in [5.41, 5.74) is 1.01. The molecule has 0 bridgehead atoms. The van der Waals surface area contributed by atoms with Gasteiger partial charge in [-0.05, 0) is 48.6 Å². The SMILES string of the molecule is O[C@H]1CCCN(Cn2nc(-c3cccs3)n(-c3ccccc3)c2=S)C1. The van der Waals surface area contributed by atoms with Crippen molar-refractivity contribution in [2.45, 2.75) is 25.6 Å². The lowest BCUT2D eigenvalue weighted by Gasteiger charge is -2.29. The number of rotatable bonds is 4. The average Bonchev–Trinajstić information content (AvgIpc) is 3.25. The first-order chi connectivity index (χ1) is 12.2. The smallest absolute Gasteiger partial charge is 0.204 e. The Morgan fingerprint density at radius 2 is 2.04 bits per heavy atom. The number of aliphatic hydroxyl groups excluding tert-OH is 1. The van der Waals surface area contributed by atoms with Gasteiger partial charge in [-0.25, -0.2) is 4.68 Å². The van der Waals surface area contributed by atoms with E-state index in [1.54, 1.807) is 11.3 Å². The molecule has 0 aliphatic carbocycles. The Labute approximate surface area is 155 Å². The number of para-hydroxylation sites is 1. The lowest BCUT2D eigenvalue weighted by atomic mass is 10.1. The molecule has 4 rings (SSSR count). The zero-order valence-corrected chi connectivity index (χ0v) is 15.4. The number of piperidine rings is 1. The molecule has 3 heterocycles. The first-order valence-electron chi connectivity index (χ1n) is 8.42. The summed E-state index contributed by atoms with van der Waals surface area (Å²) in [5, 5.41) is 16.8. The molecule has 1 aliphatic rings. The third-order valence-corrected chi connectivity index (χ3v) is 5.67. The lowest BCUT2D eigenvalue weighted by molar-refractivity contribution is 0.0513. The van der Waals surface area contributed by atoms with E-state index < -0.39 is 0 Å². The van der Waals surface area contributed by atoms with Gasteiger partial charge in [0, 0.05) is 18.8 Å². The minimum atomic E-state index is -0.254. The molecule has 1 N–H and O–H groups in total. The van der Waals surface area contributed by atoms with Gasteiger partial charge in [-0.2, -0.15) is 0 Å². The normalized spacial score (nSPS) is 18.5. The number of aromatic nitrogens is 3. The van der Waals surface area contributed by atoms with Crippen LogP contribution in [-0.4, -0.2) is 43.5 Å². The molecule has 3 aromatic rings. The fourth-order valence-corrected chi connectivity index (χ4v) is 4.21. The Morgan fingerprint density at radius 3 is 2.76 bits per heavy atom. The van der Waals surface area contributed by atoms with E-state index in [2.05, 4.69) is 11.0 Å². The van der Waals surface area contributed by atoms with E-state index in [4.69, 9.17) is 17.3 Å². The largest absolute Gasteiger partial charge is 0.392 e. The topological polar surface area (TPSA) is 46.2 Å². The number of aliphatic hydroxyl groups is 1. The summed E-state index contributed by atoms with van der Waals surface area (Å²) < 4.78 is 4.58. The van der Waals surface area contributed by atoms with E-state index in [1.807, 2.05) is 51.0 Å². The zero-order valence-electron chi connectivity index (χ0n) is 13.8. The third-order valence-electron chi connectivity index (χ3n) is 4.41. The van der Waals surface area contributed by atoms with Gasteiger partial charge in [0.05, 0.1) is 17.6 Å². The summed E-state index contributed by atoms with van der Waals surface area (Å²) in [4.78, 5) is 3.30. The molecule has 0 radical (unpaired) electrons. The van der Waals surface area contributed by atoms with E-state index >= 15 is 0 Å². The predicted molar refractivity (Wildman–Crippen MR) is 103 cm³/mol. The fraction of sp³-hybridized carbons (Fsp3) is 0.333. The third kappa shape index (κ3) is 3.46. The number of β-amino-alcohol motifs (C(OH)–C–C–N with tert-alkyl or cyclic N) is 1. The molecular weight excluding hydrogens is 352 g/mol. The van der Waals surface area contributed by atoms with Gasteiger partial charge in [0.2, 0.25) is 4.77 Å². The quantitative estimate of drug-likeness (QED) is 0.712. The second-order valence-corrected chi connectivity index (χ2v) is 7.58. The first-order valence-corrected chi connectivity index (χ1v) is 9.71. The summed E-state index contributed by atoms with van der Waals surface area (Å²) in [5.74, 6) is 0.865. The highest BCUT2D eigenvalue weighted by Crippen LogP contribution is 2.26. The van der Waals surface area contributed by atoms with Gasteiger partial charge < -0.3 is 5.11 Å². The second kappa shape index (κ2) is 7.21. The van der Waals surface area contributed by atoms with Crippen LogP contribution in [0, 0.1) is 4.77 Å². The number of benzene rings is 1. The van der Waals surface area contributed by atoms with Crippen LogP contribution in [0.1, 0.15) is 12.8 Å².